The van der Waals surface area contributed by atoms with Crippen molar-refractivity contribution in [3.05, 3.63) is 64.5 Å². The average molecular weight is 497 g/mol. The van der Waals surface area contributed by atoms with Gasteiger partial charge in [0.05, 0.1) is 18.8 Å². The number of halogens is 2. The van der Waals surface area contributed by atoms with Crippen LogP contribution in [0.5, 0.6) is 5.75 Å². The van der Waals surface area contributed by atoms with Crippen LogP contribution in [0.4, 0.5) is 14.9 Å². The summed E-state index contributed by atoms with van der Waals surface area (Å²) in [6.45, 7) is 0. The third kappa shape index (κ3) is 4.71. The second-order valence-electron chi connectivity index (χ2n) is 6.65. The molecule has 7 nitrogen and oxygen atoms in total. The van der Waals surface area contributed by atoms with Crippen molar-refractivity contribution in [3.63, 3.8) is 0 Å². The van der Waals surface area contributed by atoms with E-state index in [9.17, 15) is 22.4 Å². The second-order valence-corrected chi connectivity index (χ2v) is 9.48. The summed E-state index contributed by atoms with van der Waals surface area (Å²) in [5.74, 6) is -0.501. The zero-order chi connectivity index (χ0) is 22.1. The van der Waals surface area contributed by atoms with Gasteiger partial charge < -0.3 is 10.1 Å². The number of benzene rings is 2. The van der Waals surface area contributed by atoms with Crippen molar-refractivity contribution in [2.75, 3.05) is 18.7 Å². The Hall–Kier alpha value is -2.72. The predicted octanol–water partition coefficient (Wildman–Crippen LogP) is 4.06. The Morgan fingerprint density at radius 3 is 2.53 bits per heavy atom. The molecule has 0 fully saturated rings. The molecular formula is C20H18BrFN2O5S. The van der Waals surface area contributed by atoms with Crippen molar-refractivity contribution >= 4 is 43.3 Å². The molecule has 1 atom stereocenters. The van der Waals surface area contributed by atoms with E-state index in [0.717, 1.165) is 6.26 Å². The van der Waals surface area contributed by atoms with Gasteiger partial charge in [-0.25, -0.2) is 17.6 Å². The summed E-state index contributed by atoms with van der Waals surface area (Å²) in [6, 6.07) is 7.14. The summed E-state index contributed by atoms with van der Waals surface area (Å²) in [5.41, 5.74) is 0.890. The summed E-state index contributed by atoms with van der Waals surface area (Å²) in [7, 11) is -2.22. The van der Waals surface area contributed by atoms with Gasteiger partial charge in [0.25, 0.3) is 0 Å². The largest absolute Gasteiger partial charge is 0.495 e. The molecule has 10 heteroatoms. The number of hydrogen-bond donors (Lipinski definition) is 1. The lowest BCUT2D eigenvalue weighted by atomic mass is 9.97. The van der Waals surface area contributed by atoms with Crippen LogP contribution in [0.25, 0.3) is 0 Å². The van der Waals surface area contributed by atoms with Crippen LogP contribution >= 0.6 is 15.9 Å². The number of allylic oxidation sites excluding steroid dienone is 1. The first-order valence-corrected chi connectivity index (χ1v) is 11.4. The Bertz CT molecular complexity index is 1130. The number of ketones is 1. The minimum absolute atomic E-state index is 0.0254. The number of urea groups is 1. The highest BCUT2D eigenvalue weighted by Crippen LogP contribution is 2.35. The first-order chi connectivity index (χ1) is 14.1. The highest BCUT2D eigenvalue weighted by molar-refractivity contribution is 9.10. The van der Waals surface area contributed by atoms with E-state index in [1.165, 1.54) is 60.7 Å². The molecule has 1 N–H and O–H groups in total. The van der Waals surface area contributed by atoms with Gasteiger partial charge in [-0.1, -0.05) is 12.1 Å². The van der Waals surface area contributed by atoms with E-state index < -0.39 is 27.7 Å². The Labute approximate surface area is 181 Å². The monoisotopic (exact) mass is 496 g/mol. The van der Waals surface area contributed by atoms with Gasteiger partial charge in [0.15, 0.2) is 15.6 Å². The molecule has 0 radical (unpaired) electrons. The summed E-state index contributed by atoms with van der Waals surface area (Å²) >= 11 is 3.27. The fraction of sp³-hybridized carbons (Fsp3) is 0.200. The van der Waals surface area contributed by atoms with Crippen LogP contribution in [-0.2, 0) is 14.6 Å². The van der Waals surface area contributed by atoms with Crippen LogP contribution in [0.15, 0.2) is 58.0 Å². The van der Waals surface area contributed by atoms with Crippen LogP contribution in [-0.4, -0.2) is 38.5 Å². The number of rotatable bonds is 4. The highest BCUT2D eigenvalue weighted by atomic mass is 79.9. The molecule has 1 heterocycles. The molecular weight excluding hydrogens is 479 g/mol. The lowest BCUT2D eigenvalue weighted by Gasteiger charge is -2.31. The minimum Gasteiger partial charge on any atom is -0.495 e. The molecule has 2 aromatic rings. The average Bonchev–Trinajstić information content (AvgIpc) is 2.68. The zero-order valence-corrected chi connectivity index (χ0v) is 18.5. The van der Waals surface area contributed by atoms with E-state index in [2.05, 4.69) is 21.2 Å². The van der Waals surface area contributed by atoms with Gasteiger partial charge in [0.2, 0.25) is 0 Å². The van der Waals surface area contributed by atoms with E-state index in [1.807, 2.05) is 0 Å². The lowest BCUT2D eigenvalue weighted by Crippen LogP contribution is -2.37. The lowest BCUT2D eigenvalue weighted by molar-refractivity contribution is -0.116. The zero-order valence-electron chi connectivity index (χ0n) is 16.1. The summed E-state index contributed by atoms with van der Waals surface area (Å²) in [5, 5.41) is 2.69. The van der Waals surface area contributed by atoms with E-state index in [1.54, 1.807) is 0 Å². The third-order valence-electron chi connectivity index (χ3n) is 4.54. The van der Waals surface area contributed by atoms with Gasteiger partial charge in [-0.2, -0.15) is 0 Å². The Balaban J connectivity index is 1.93. The first-order valence-electron chi connectivity index (χ1n) is 8.73. The van der Waals surface area contributed by atoms with Crippen LogP contribution in [0.2, 0.25) is 0 Å². The first kappa shape index (κ1) is 22.0. The predicted molar refractivity (Wildman–Crippen MR) is 113 cm³/mol. The number of ether oxygens (including phenoxy) is 1. The number of carbonyl (C=O) groups excluding carboxylic acids is 2. The number of carbonyl (C=O) groups is 2. The second kappa shape index (κ2) is 8.57. The summed E-state index contributed by atoms with van der Waals surface area (Å²) in [4.78, 5) is 26.2. The van der Waals surface area contributed by atoms with Crippen molar-refractivity contribution in [3.8, 4) is 5.75 Å². The molecule has 1 aliphatic heterocycles. The molecule has 0 saturated heterocycles. The minimum atomic E-state index is -3.55. The maximum Gasteiger partial charge on any atom is 0.326 e. The smallest absolute Gasteiger partial charge is 0.326 e. The fourth-order valence-corrected chi connectivity index (χ4v) is 4.49. The van der Waals surface area contributed by atoms with Crippen molar-refractivity contribution in [1.29, 1.82) is 0 Å². The third-order valence-corrected chi connectivity index (χ3v) is 6.31. The van der Waals surface area contributed by atoms with Crippen molar-refractivity contribution in [2.24, 2.45) is 0 Å². The SMILES string of the molecule is COc1cc(NC(=O)N2C=CC(=O)CC2c2ccc(F)cc2)c(Br)cc1S(C)(=O)=O. The van der Waals surface area contributed by atoms with Gasteiger partial charge >= 0.3 is 6.03 Å². The van der Waals surface area contributed by atoms with Crippen LogP contribution in [0.1, 0.15) is 18.0 Å². The van der Waals surface area contributed by atoms with Crippen molar-refractivity contribution < 1.29 is 27.1 Å². The Kier molecular flexibility index (Phi) is 6.27. The van der Waals surface area contributed by atoms with Crippen LogP contribution < -0.4 is 10.1 Å². The molecule has 3 rings (SSSR count). The van der Waals surface area contributed by atoms with Crippen LogP contribution in [0.3, 0.4) is 0 Å². The molecule has 0 bridgehead atoms. The number of nitrogens with one attached hydrogen (secondary N) is 1. The molecule has 2 aromatic carbocycles. The van der Waals surface area contributed by atoms with Crippen molar-refractivity contribution in [2.45, 2.75) is 17.4 Å². The van der Waals surface area contributed by atoms with Gasteiger partial charge in [-0.3, -0.25) is 9.69 Å². The summed E-state index contributed by atoms with van der Waals surface area (Å²) in [6.07, 6.45) is 3.76. The molecule has 0 saturated carbocycles. The molecule has 2 amide bonds. The van der Waals surface area contributed by atoms with Crippen molar-refractivity contribution in [1.82, 2.24) is 4.90 Å². The van der Waals surface area contributed by atoms with Crippen LogP contribution in [0, 0.1) is 5.82 Å². The number of anilines is 1. The Morgan fingerprint density at radius 1 is 1.27 bits per heavy atom. The highest BCUT2D eigenvalue weighted by Gasteiger charge is 2.29. The number of sulfone groups is 1. The number of hydrogen-bond acceptors (Lipinski definition) is 5. The van der Waals surface area contributed by atoms with Gasteiger partial charge in [-0.05, 0) is 45.8 Å². The normalized spacial score (nSPS) is 16.5. The molecule has 30 heavy (non-hydrogen) atoms. The maximum absolute atomic E-state index is 13.3. The van der Waals surface area contributed by atoms with E-state index in [4.69, 9.17) is 4.74 Å². The topological polar surface area (TPSA) is 92.8 Å². The molecule has 0 aromatic heterocycles. The van der Waals surface area contributed by atoms with Gasteiger partial charge in [0.1, 0.15) is 16.5 Å². The number of nitrogens with zero attached hydrogens (tertiary/aromatic N) is 1. The van der Waals surface area contributed by atoms with E-state index >= 15 is 0 Å². The number of methoxy groups -OCH3 is 1. The quantitative estimate of drug-likeness (QED) is 0.688. The summed E-state index contributed by atoms with van der Waals surface area (Å²) < 4.78 is 42.6. The molecule has 0 aliphatic carbocycles. The van der Waals surface area contributed by atoms with Gasteiger partial charge in [-0.15, -0.1) is 0 Å². The molecule has 0 spiro atoms. The van der Waals surface area contributed by atoms with E-state index in [0.29, 0.717) is 10.0 Å². The number of amides is 2. The maximum atomic E-state index is 13.3. The molecule has 158 valence electrons. The standard InChI is InChI=1S/C20H18BrFN2O5S/c1-29-18-11-16(15(21)10-19(18)30(2,27)28)23-20(26)24-8-7-14(25)9-17(24)12-3-5-13(22)6-4-12/h3-8,10-11,17H,9H2,1-2H3,(H,23,26). The fourth-order valence-electron chi connectivity index (χ4n) is 3.06. The van der Waals surface area contributed by atoms with Gasteiger partial charge in [0, 0.05) is 29.4 Å². The Morgan fingerprint density at radius 2 is 1.93 bits per heavy atom. The van der Waals surface area contributed by atoms with E-state index in [-0.39, 0.29) is 28.5 Å². The molecule has 1 unspecified atom stereocenters. The molecule has 1 aliphatic rings.